The van der Waals surface area contributed by atoms with Gasteiger partial charge in [0.05, 0.1) is 11.0 Å². The van der Waals surface area contributed by atoms with E-state index >= 15 is 0 Å². The van der Waals surface area contributed by atoms with Crippen LogP contribution in [-0.2, 0) is 4.79 Å². The molecule has 4 aromatic rings. The van der Waals surface area contributed by atoms with Gasteiger partial charge in [-0.2, -0.15) is 0 Å². The first-order valence-corrected chi connectivity index (χ1v) is 12.0. The Hall–Kier alpha value is -3.35. The molecule has 174 valence electrons. The van der Waals surface area contributed by atoms with E-state index < -0.39 is 5.97 Å². The van der Waals surface area contributed by atoms with E-state index in [1.807, 2.05) is 18.2 Å². The number of aromatic amines is 1. The van der Waals surface area contributed by atoms with Crippen LogP contribution in [0.15, 0.2) is 66.7 Å². The highest BCUT2D eigenvalue weighted by Gasteiger charge is 2.17. The molecule has 3 aromatic carbocycles. The van der Waals surface area contributed by atoms with Gasteiger partial charge in [-0.25, -0.2) is 4.98 Å². The zero-order valence-electron chi connectivity index (χ0n) is 18.9. The molecule has 34 heavy (non-hydrogen) atoms. The molecule has 0 spiro atoms. The molecule has 2 heterocycles. The van der Waals surface area contributed by atoms with Crippen molar-refractivity contribution in [2.24, 2.45) is 0 Å². The number of carbonyl (C=O) groups is 1. The van der Waals surface area contributed by atoms with Crippen LogP contribution in [0.1, 0.15) is 12.8 Å². The third-order valence-electron chi connectivity index (χ3n) is 6.41. The Kier molecular flexibility index (Phi) is 6.52. The Morgan fingerprint density at radius 2 is 1.56 bits per heavy atom. The van der Waals surface area contributed by atoms with Gasteiger partial charge in [0.15, 0.2) is 0 Å². The average Bonchev–Trinajstić information content (AvgIpc) is 3.28. The van der Waals surface area contributed by atoms with Gasteiger partial charge in [-0.3, -0.25) is 9.69 Å². The molecular weight excluding hydrogens is 448 g/mol. The number of aromatic nitrogens is 2. The van der Waals surface area contributed by atoms with E-state index in [1.165, 1.54) is 11.3 Å². The summed E-state index contributed by atoms with van der Waals surface area (Å²) in [6, 6.07) is 22.8. The van der Waals surface area contributed by atoms with Crippen molar-refractivity contribution in [3.63, 3.8) is 0 Å². The van der Waals surface area contributed by atoms with E-state index in [4.69, 9.17) is 16.7 Å². The summed E-state index contributed by atoms with van der Waals surface area (Å²) in [7, 11) is 0. The number of carboxylic acid groups (broad SMARTS) is 1. The van der Waals surface area contributed by atoms with Gasteiger partial charge in [-0.05, 0) is 54.4 Å². The van der Waals surface area contributed by atoms with Crippen LogP contribution >= 0.6 is 11.6 Å². The molecule has 0 saturated carbocycles. The Balaban J connectivity index is 1.21. The van der Waals surface area contributed by atoms with Crippen LogP contribution in [0.4, 0.5) is 5.69 Å². The number of anilines is 1. The third-order valence-corrected chi connectivity index (χ3v) is 6.64. The van der Waals surface area contributed by atoms with Gasteiger partial charge >= 0.3 is 5.97 Å². The summed E-state index contributed by atoms with van der Waals surface area (Å²) in [6.07, 6.45) is 0.962. The number of fused-ring (bicyclic) bond motifs is 1. The number of benzene rings is 3. The molecule has 1 aliphatic heterocycles. The summed E-state index contributed by atoms with van der Waals surface area (Å²) >= 11 is 6.09. The zero-order chi connectivity index (χ0) is 23.5. The quantitative estimate of drug-likeness (QED) is 0.368. The van der Waals surface area contributed by atoms with E-state index in [-0.39, 0.29) is 6.42 Å². The molecule has 1 saturated heterocycles. The van der Waals surface area contributed by atoms with E-state index in [9.17, 15) is 4.79 Å². The minimum atomic E-state index is -0.715. The lowest BCUT2D eigenvalue weighted by Crippen LogP contribution is -2.46. The fourth-order valence-corrected chi connectivity index (χ4v) is 4.66. The zero-order valence-corrected chi connectivity index (χ0v) is 19.6. The molecular formula is C27H27ClN4O2. The largest absolute Gasteiger partial charge is 0.481 e. The van der Waals surface area contributed by atoms with Gasteiger partial charge in [0.25, 0.3) is 0 Å². The van der Waals surface area contributed by atoms with Crippen molar-refractivity contribution in [2.45, 2.75) is 12.8 Å². The van der Waals surface area contributed by atoms with E-state index in [2.05, 4.69) is 68.3 Å². The molecule has 2 N–H and O–H groups in total. The van der Waals surface area contributed by atoms with Crippen molar-refractivity contribution in [3.8, 4) is 22.5 Å². The van der Waals surface area contributed by atoms with Crippen LogP contribution < -0.4 is 4.90 Å². The fourth-order valence-electron chi connectivity index (χ4n) is 4.49. The summed E-state index contributed by atoms with van der Waals surface area (Å²) in [6.45, 7) is 4.72. The normalized spacial score (nSPS) is 14.6. The van der Waals surface area contributed by atoms with Gasteiger partial charge in [-0.15, -0.1) is 0 Å². The number of rotatable bonds is 7. The van der Waals surface area contributed by atoms with E-state index in [0.717, 1.165) is 60.7 Å². The van der Waals surface area contributed by atoms with Crippen LogP contribution in [0, 0.1) is 0 Å². The molecule has 5 rings (SSSR count). The van der Waals surface area contributed by atoms with Gasteiger partial charge in [0.1, 0.15) is 5.82 Å². The van der Waals surface area contributed by atoms with Crippen molar-refractivity contribution in [2.75, 3.05) is 37.6 Å². The van der Waals surface area contributed by atoms with E-state index in [1.54, 1.807) is 0 Å². The lowest BCUT2D eigenvalue weighted by Gasteiger charge is -2.36. The van der Waals surface area contributed by atoms with Crippen molar-refractivity contribution in [1.29, 1.82) is 0 Å². The number of carboxylic acids is 1. The van der Waals surface area contributed by atoms with Crippen LogP contribution in [0.5, 0.6) is 0 Å². The second kappa shape index (κ2) is 9.87. The number of nitrogens with zero attached hydrogens (tertiary/aromatic N) is 3. The molecule has 0 unspecified atom stereocenters. The fraction of sp³-hybridized carbons (Fsp3) is 0.259. The summed E-state index contributed by atoms with van der Waals surface area (Å²) in [4.78, 5) is 23.5. The molecule has 0 radical (unpaired) electrons. The van der Waals surface area contributed by atoms with Crippen LogP contribution in [0.25, 0.3) is 33.5 Å². The smallest absolute Gasteiger partial charge is 0.303 e. The Bertz CT molecular complexity index is 1280. The second-order valence-electron chi connectivity index (χ2n) is 8.70. The standard InChI is InChI=1S/C27H27ClN4O2/c28-22-9-12-24-25(18-22)30-27(29-24)21-5-3-19(4-6-21)20-7-10-23(11-8-20)32-16-14-31(15-17-32)13-1-2-26(33)34/h3-12,18H,1-2,13-17H2,(H,29,30)(H,33,34). The third kappa shape index (κ3) is 5.08. The molecule has 0 bridgehead atoms. The molecule has 1 fully saturated rings. The van der Waals surface area contributed by atoms with Gasteiger partial charge < -0.3 is 15.0 Å². The Morgan fingerprint density at radius 1 is 0.912 bits per heavy atom. The Labute approximate surface area is 203 Å². The van der Waals surface area contributed by atoms with Crippen molar-refractivity contribution >= 4 is 34.3 Å². The van der Waals surface area contributed by atoms with Crippen LogP contribution in [0.2, 0.25) is 5.02 Å². The van der Waals surface area contributed by atoms with Crippen molar-refractivity contribution in [3.05, 3.63) is 71.8 Å². The van der Waals surface area contributed by atoms with Gasteiger partial charge in [-0.1, -0.05) is 48.0 Å². The predicted molar refractivity (Wildman–Crippen MR) is 137 cm³/mol. The molecule has 6 nitrogen and oxygen atoms in total. The highest BCUT2D eigenvalue weighted by Crippen LogP contribution is 2.28. The first-order valence-electron chi connectivity index (χ1n) is 11.6. The SMILES string of the molecule is O=C(O)CCCN1CCN(c2ccc(-c3ccc(-c4nc5ccc(Cl)cc5[nH]4)cc3)cc2)CC1. The number of H-pyrrole nitrogens is 1. The molecule has 0 atom stereocenters. The molecule has 7 heteroatoms. The summed E-state index contributed by atoms with van der Waals surface area (Å²) in [5.74, 6) is 0.120. The van der Waals surface area contributed by atoms with Gasteiger partial charge in [0, 0.05) is 48.9 Å². The molecule has 1 aliphatic rings. The van der Waals surface area contributed by atoms with E-state index in [0.29, 0.717) is 11.4 Å². The topological polar surface area (TPSA) is 72.5 Å². The van der Waals surface area contributed by atoms with Gasteiger partial charge in [0.2, 0.25) is 0 Å². The highest BCUT2D eigenvalue weighted by atomic mass is 35.5. The molecule has 1 aromatic heterocycles. The maximum absolute atomic E-state index is 10.7. The van der Waals surface area contributed by atoms with Crippen molar-refractivity contribution in [1.82, 2.24) is 14.9 Å². The number of imidazole rings is 1. The number of aliphatic carboxylic acids is 1. The molecule has 0 aliphatic carbocycles. The monoisotopic (exact) mass is 474 g/mol. The molecule has 0 amide bonds. The van der Waals surface area contributed by atoms with Crippen LogP contribution in [-0.4, -0.2) is 58.7 Å². The average molecular weight is 475 g/mol. The lowest BCUT2D eigenvalue weighted by molar-refractivity contribution is -0.137. The minimum absolute atomic E-state index is 0.246. The second-order valence-corrected chi connectivity index (χ2v) is 9.13. The maximum atomic E-state index is 10.7. The predicted octanol–water partition coefficient (Wildman–Crippen LogP) is 5.54. The number of hydrogen-bond acceptors (Lipinski definition) is 4. The summed E-state index contributed by atoms with van der Waals surface area (Å²) < 4.78 is 0. The number of nitrogens with one attached hydrogen (secondary N) is 1. The number of halogens is 1. The first-order chi connectivity index (χ1) is 16.5. The lowest BCUT2D eigenvalue weighted by atomic mass is 10.0. The van der Waals surface area contributed by atoms with Crippen LogP contribution in [0.3, 0.4) is 0 Å². The number of hydrogen-bond donors (Lipinski definition) is 2. The first kappa shape index (κ1) is 22.4. The Morgan fingerprint density at radius 3 is 2.24 bits per heavy atom. The van der Waals surface area contributed by atoms with Crippen molar-refractivity contribution < 1.29 is 9.90 Å². The summed E-state index contributed by atoms with van der Waals surface area (Å²) in [5, 5.41) is 9.50. The minimum Gasteiger partial charge on any atom is -0.481 e. The summed E-state index contributed by atoms with van der Waals surface area (Å²) in [5.41, 5.74) is 6.44. The number of piperazine rings is 1. The maximum Gasteiger partial charge on any atom is 0.303 e. The highest BCUT2D eigenvalue weighted by molar-refractivity contribution is 6.31.